The normalized spacial score (nSPS) is 18.9. The lowest BCUT2D eigenvalue weighted by Crippen LogP contribution is -2.40. The molecule has 1 amide bonds. The predicted octanol–water partition coefficient (Wildman–Crippen LogP) is 0.797. The van der Waals surface area contributed by atoms with Crippen LogP contribution in [0, 0.1) is 0 Å². The Kier molecular flexibility index (Phi) is 5.11. The lowest BCUT2D eigenvalue weighted by atomic mass is 10.2. The number of anilines is 1. The first-order valence-electron chi connectivity index (χ1n) is 6.49. The lowest BCUT2D eigenvalue weighted by Gasteiger charge is -2.23. The first kappa shape index (κ1) is 13.8. The van der Waals surface area contributed by atoms with Crippen LogP contribution < -0.4 is 15.4 Å². The Morgan fingerprint density at radius 2 is 2.58 bits per heavy atom. The molecule has 1 fully saturated rings. The highest BCUT2D eigenvalue weighted by Crippen LogP contribution is 2.20. The Balaban J connectivity index is 1.90. The standard InChI is InChI=1S/C13H19N3O3/c1-2-18-13-11(4-3-5-15-13)16-12(17)8-10-9-14-6-7-19-10/h3-5,10,14H,2,6-9H2,1H3,(H,16,17). The van der Waals surface area contributed by atoms with Gasteiger partial charge in [-0.05, 0) is 19.1 Å². The number of aromatic nitrogens is 1. The predicted molar refractivity (Wildman–Crippen MR) is 71.3 cm³/mol. The van der Waals surface area contributed by atoms with E-state index in [0.29, 0.717) is 37.7 Å². The molecule has 1 aromatic heterocycles. The largest absolute Gasteiger partial charge is 0.476 e. The minimum atomic E-state index is -0.0948. The van der Waals surface area contributed by atoms with Crippen LogP contribution in [-0.4, -0.2) is 43.3 Å². The number of hydrogen-bond donors (Lipinski definition) is 2. The van der Waals surface area contributed by atoms with Gasteiger partial charge in [0.05, 0.1) is 25.7 Å². The maximum Gasteiger partial charge on any atom is 0.237 e. The third kappa shape index (κ3) is 4.18. The summed E-state index contributed by atoms with van der Waals surface area (Å²) in [5.41, 5.74) is 0.595. The van der Waals surface area contributed by atoms with Crippen molar-refractivity contribution in [1.29, 1.82) is 0 Å². The van der Waals surface area contributed by atoms with E-state index in [0.717, 1.165) is 6.54 Å². The van der Waals surface area contributed by atoms with Crippen molar-refractivity contribution in [2.75, 3.05) is 31.6 Å². The van der Waals surface area contributed by atoms with Crippen LogP contribution in [0.15, 0.2) is 18.3 Å². The summed E-state index contributed by atoms with van der Waals surface area (Å²) in [4.78, 5) is 16.0. The molecular weight excluding hydrogens is 246 g/mol. The SMILES string of the molecule is CCOc1ncccc1NC(=O)CC1CNCCO1. The van der Waals surface area contributed by atoms with Gasteiger partial charge in [0.25, 0.3) is 0 Å². The van der Waals surface area contributed by atoms with Crippen LogP contribution in [0.25, 0.3) is 0 Å². The highest BCUT2D eigenvalue weighted by Gasteiger charge is 2.18. The first-order valence-corrected chi connectivity index (χ1v) is 6.49. The average molecular weight is 265 g/mol. The highest BCUT2D eigenvalue weighted by molar-refractivity contribution is 5.92. The summed E-state index contributed by atoms with van der Waals surface area (Å²) in [7, 11) is 0. The topological polar surface area (TPSA) is 72.5 Å². The van der Waals surface area contributed by atoms with Gasteiger partial charge >= 0.3 is 0 Å². The van der Waals surface area contributed by atoms with Gasteiger partial charge in [0, 0.05) is 19.3 Å². The van der Waals surface area contributed by atoms with Gasteiger partial charge in [-0.2, -0.15) is 0 Å². The molecule has 0 spiro atoms. The van der Waals surface area contributed by atoms with Crippen molar-refractivity contribution in [3.05, 3.63) is 18.3 Å². The van der Waals surface area contributed by atoms with E-state index in [1.54, 1.807) is 18.3 Å². The number of pyridine rings is 1. The summed E-state index contributed by atoms with van der Waals surface area (Å²) in [6.45, 7) is 4.58. The molecule has 0 radical (unpaired) electrons. The van der Waals surface area contributed by atoms with E-state index in [1.165, 1.54) is 0 Å². The average Bonchev–Trinajstić information content (AvgIpc) is 2.42. The van der Waals surface area contributed by atoms with Gasteiger partial charge in [-0.1, -0.05) is 0 Å². The second-order valence-corrected chi connectivity index (χ2v) is 4.24. The second kappa shape index (κ2) is 7.06. The molecule has 0 aromatic carbocycles. The fourth-order valence-corrected chi connectivity index (χ4v) is 1.90. The number of ether oxygens (including phenoxy) is 2. The zero-order valence-electron chi connectivity index (χ0n) is 11.0. The minimum absolute atomic E-state index is 0.0686. The number of carbonyl (C=O) groups excluding carboxylic acids is 1. The Hall–Kier alpha value is -1.66. The highest BCUT2D eigenvalue weighted by atomic mass is 16.5. The molecular formula is C13H19N3O3. The molecule has 0 aliphatic carbocycles. The Morgan fingerprint density at radius 1 is 1.68 bits per heavy atom. The zero-order chi connectivity index (χ0) is 13.5. The van der Waals surface area contributed by atoms with Crippen molar-refractivity contribution in [1.82, 2.24) is 10.3 Å². The van der Waals surface area contributed by atoms with E-state index in [-0.39, 0.29) is 12.0 Å². The molecule has 2 heterocycles. The van der Waals surface area contributed by atoms with Gasteiger partial charge < -0.3 is 20.1 Å². The van der Waals surface area contributed by atoms with E-state index in [1.807, 2.05) is 6.92 Å². The third-order valence-corrected chi connectivity index (χ3v) is 2.74. The maximum atomic E-state index is 11.9. The molecule has 1 aromatic rings. The number of hydrogen-bond acceptors (Lipinski definition) is 5. The summed E-state index contributed by atoms with van der Waals surface area (Å²) in [6, 6.07) is 3.53. The van der Waals surface area contributed by atoms with Crippen LogP contribution in [0.3, 0.4) is 0 Å². The van der Waals surface area contributed by atoms with Gasteiger partial charge in [0.1, 0.15) is 5.69 Å². The van der Waals surface area contributed by atoms with Gasteiger partial charge in [-0.3, -0.25) is 4.79 Å². The van der Waals surface area contributed by atoms with Crippen molar-refractivity contribution in [3.8, 4) is 5.88 Å². The fourth-order valence-electron chi connectivity index (χ4n) is 1.90. The summed E-state index contributed by atoms with van der Waals surface area (Å²) in [6.07, 6.45) is 1.89. The number of amides is 1. The molecule has 6 heteroatoms. The smallest absolute Gasteiger partial charge is 0.237 e. The maximum absolute atomic E-state index is 11.9. The van der Waals surface area contributed by atoms with Crippen molar-refractivity contribution in [2.45, 2.75) is 19.4 Å². The summed E-state index contributed by atoms with van der Waals surface area (Å²) in [5, 5.41) is 6.00. The Morgan fingerprint density at radius 3 is 3.32 bits per heavy atom. The molecule has 1 atom stereocenters. The van der Waals surface area contributed by atoms with Crippen molar-refractivity contribution in [3.63, 3.8) is 0 Å². The molecule has 1 aliphatic heterocycles. The number of rotatable bonds is 5. The van der Waals surface area contributed by atoms with E-state index in [9.17, 15) is 4.79 Å². The molecule has 1 aliphatic rings. The molecule has 1 saturated heterocycles. The number of nitrogens with one attached hydrogen (secondary N) is 2. The third-order valence-electron chi connectivity index (χ3n) is 2.74. The first-order chi connectivity index (χ1) is 9.29. The molecule has 1 unspecified atom stereocenters. The summed E-state index contributed by atoms with van der Waals surface area (Å²) < 4.78 is 10.9. The van der Waals surface area contributed by atoms with Crippen LogP contribution in [0.4, 0.5) is 5.69 Å². The van der Waals surface area contributed by atoms with Gasteiger partial charge in [0.15, 0.2) is 0 Å². The quantitative estimate of drug-likeness (QED) is 0.824. The molecule has 0 saturated carbocycles. The Labute approximate surface area is 112 Å². The summed E-state index contributed by atoms with van der Waals surface area (Å²) in [5.74, 6) is 0.351. The molecule has 2 rings (SSSR count). The Bertz CT molecular complexity index is 419. The van der Waals surface area contributed by atoms with Gasteiger partial charge in [0.2, 0.25) is 11.8 Å². The van der Waals surface area contributed by atoms with Gasteiger partial charge in [-0.15, -0.1) is 0 Å². The summed E-state index contributed by atoms with van der Waals surface area (Å²) >= 11 is 0. The molecule has 19 heavy (non-hydrogen) atoms. The van der Waals surface area contributed by atoms with Crippen LogP contribution >= 0.6 is 0 Å². The van der Waals surface area contributed by atoms with E-state index in [2.05, 4.69) is 15.6 Å². The second-order valence-electron chi connectivity index (χ2n) is 4.24. The van der Waals surface area contributed by atoms with E-state index < -0.39 is 0 Å². The molecule has 0 bridgehead atoms. The van der Waals surface area contributed by atoms with E-state index >= 15 is 0 Å². The monoisotopic (exact) mass is 265 g/mol. The molecule has 104 valence electrons. The fraction of sp³-hybridized carbons (Fsp3) is 0.538. The van der Waals surface area contributed by atoms with Crippen LogP contribution in [0.1, 0.15) is 13.3 Å². The van der Waals surface area contributed by atoms with E-state index in [4.69, 9.17) is 9.47 Å². The van der Waals surface area contributed by atoms with Crippen LogP contribution in [0.5, 0.6) is 5.88 Å². The number of nitrogens with zero attached hydrogens (tertiary/aromatic N) is 1. The van der Waals surface area contributed by atoms with Gasteiger partial charge in [-0.25, -0.2) is 4.98 Å². The van der Waals surface area contributed by atoms with Crippen molar-refractivity contribution >= 4 is 11.6 Å². The molecule has 6 nitrogen and oxygen atoms in total. The number of morpholine rings is 1. The molecule has 2 N–H and O–H groups in total. The van der Waals surface area contributed by atoms with Crippen molar-refractivity contribution in [2.24, 2.45) is 0 Å². The number of carbonyl (C=O) groups is 1. The minimum Gasteiger partial charge on any atom is -0.476 e. The van der Waals surface area contributed by atoms with Crippen molar-refractivity contribution < 1.29 is 14.3 Å². The van der Waals surface area contributed by atoms with Crippen LogP contribution in [0.2, 0.25) is 0 Å². The van der Waals surface area contributed by atoms with Crippen LogP contribution in [-0.2, 0) is 9.53 Å². The zero-order valence-corrected chi connectivity index (χ0v) is 11.0. The lowest BCUT2D eigenvalue weighted by molar-refractivity contribution is -0.119.